The maximum Gasteiger partial charge on any atom is 0.410 e. The van der Waals surface area contributed by atoms with Crippen molar-refractivity contribution in [3.05, 3.63) is 34.2 Å². The lowest BCUT2D eigenvalue weighted by atomic mass is 9.94. The molecule has 1 aliphatic rings. The molecule has 0 aromatic carbocycles. The molecule has 1 aliphatic heterocycles. The molecule has 1 amide bonds. The topological polar surface area (TPSA) is 95.5 Å². The third kappa shape index (κ3) is 3.92. The Labute approximate surface area is 145 Å². The molecule has 0 bridgehead atoms. The summed E-state index contributed by atoms with van der Waals surface area (Å²) in [6.45, 7) is 6.73. The van der Waals surface area contributed by atoms with Crippen LogP contribution >= 0.6 is 0 Å². The van der Waals surface area contributed by atoms with E-state index in [-0.39, 0.29) is 17.8 Å². The van der Waals surface area contributed by atoms with E-state index in [1.807, 2.05) is 26.8 Å². The number of fused-ring (bicyclic) bond motifs is 1. The van der Waals surface area contributed by atoms with Crippen LogP contribution in [0.25, 0.3) is 11.0 Å². The zero-order valence-corrected chi connectivity index (χ0v) is 14.7. The largest absolute Gasteiger partial charge is 0.507 e. The van der Waals surface area contributed by atoms with Crippen LogP contribution in [0.5, 0.6) is 5.75 Å². The fourth-order valence-corrected chi connectivity index (χ4v) is 3.07. The normalized spacial score (nSPS) is 18.4. The first kappa shape index (κ1) is 17.3. The molecule has 7 nitrogen and oxygen atoms in total. The molecule has 1 saturated heterocycles. The van der Waals surface area contributed by atoms with E-state index < -0.39 is 11.2 Å². The number of aromatic hydroxyl groups is 1. The van der Waals surface area contributed by atoms with Crippen LogP contribution in [0.1, 0.15) is 45.2 Å². The summed E-state index contributed by atoms with van der Waals surface area (Å²) in [5.41, 5.74) is 0.231. The minimum Gasteiger partial charge on any atom is -0.507 e. The van der Waals surface area contributed by atoms with Crippen LogP contribution in [0, 0.1) is 0 Å². The van der Waals surface area contributed by atoms with Gasteiger partial charge in [0.05, 0.1) is 5.39 Å². The fraction of sp³-hybridized carbons (Fsp3) is 0.500. The number of amides is 1. The standard InChI is InChI=1S/C18H23N3O4/c1-18(2,3)25-17(24)21-8-4-5-11(10-21)13-7-6-12-14(22)9-15(23)20-16(12)19-13/h6-7,9,11H,4-5,8,10H2,1-3H3,(H2,19,20,22,23). The van der Waals surface area contributed by atoms with Gasteiger partial charge in [0, 0.05) is 30.8 Å². The van der Waals surface area contributed by atoms with Gasteiger partial charge in [0.25, 0.3) is 5.56 Å². The highest BCUT2D eigenvalue weighted by atomic mass is 16.6. The summed E-state index contributed by atoms with van der Waals surface area (Å²) in [6.07, 6.45) is 1.45. The number of aromatic amines is 1. The van der Waals surface area contributed by atoms with Crippen molar-refractivity contribution in [1.82, 2.24) is 14.9 Å². The van der Waals surface area contributed by atoms with E-state index in [9.17, 15) is 14.7 Å². The lowest BCUT2D eigenvalue weighted by Crippen LogP contribution is -2.42. The van der Waals surface area contributed by atoms with Gasteiger partial charge in [-0.1, -0.05) is 0 Å². The molecule has 1 fully saturated rings. The molecule has 2 aromatic rings. The quantitative estimate of drug-likeness (QED) is 0.828. The Morgan fingerprint density at radius 2 is 2.16 bits per heavy atom. The molecule has 25 heavy (non-hydrogen) atoms. The van der Waals surface area contributed by atoms with Crippen molar-refractivity contribution in [2.75, 3.05) is 13.1 Å². The molecule has 0 spiro atoms. The highest BCUT2D eigenvalue weighted by Gasteiger charge is 2.29. The van der Waals surface area contributed by atoms with E-state index in [0.29, 0.717) is 24.1 Å². The van der Waals surface area contributed by atoms with Gasteiger partial charge in [-0.2, -0.15) is 0 Å². The Morgan fingerprint density at radius 1 is 1.40 bits per heavy atom. The van der Waals surface area contributed by atoms with Gasteiger partial charge >= 0.3 is 6.09 Å². The zero-order valence-electron chi connectivity index (χ0n) is 14.7. The van der Waals surface area contributed by atoms with E-state index in [1.54, 1.807) is 11.0 Å². The van der Waals surface area contributed by atoms with E-state index in [2.05, 4.69) is 9.97 Å². The van der Waals surface area contributed by atoms with E-state index in [0.717, 1.165) is 24.6 Å². The number of carbonyl (C=O) groups excluding carboxylic acids is 1. The second-order valence-electron chi connectivity index (χ2n) is 7.42. The van der Waals surface area contributed by atoms with Gasteiger partial charge in [-0.3, -0.25) is 4.79 Å². The SMILES string of the molecule is CC(C)(C)OC(=O)N1CCCC(c2ccc3c(O)cc(=O)[nH]c3n2)C1. The van der Waals surface area contributed by atoms with Crippen LogP contribution in [0.3, 0.4) is 0 Å². The van der Waals surface area contributed by atoms with Crippen molar-refractivity contribution in [2.24, 2.45) is 0 Å². The number of hydrogen-bond acceptors (Lipinski definition) is 5. The predicted molar refractivity (Wildman–Crippen MR) is 93.8 cm³/mol. The maximum atomic E-state index is 12.3. The number of likely N-dealkylation sites (tertiary alicyclic amines) is 1. The highest BCUT2D eigenvalue weighted by Crippen LogP contribution is 2.29. The van der Waals surface area contributed by atoms with Crippen LogP contribution in [0.15, 0.2) is 23.0 Å². The molecule has 3 heterocycles. The molecular formula is C18H23N3O4. The molecule has 0 aliphatic carbocycles. The molecule has 3 rings (SSSR count). The van der Waals surface area contributed by atoms with Crippen LogP contribution in [0.2, 0.25) is 0 Å². The average Bonchev–Trinajstić information content (AvgIpc) is 2.52. The van der Waals surface area contributed by atoms with E-state index >= 15 is 0 Å². The van der Waals surface area contributed by atoms with Crippen LogP contribution in [-0.4, -0.2) is 44.8 Å². The van der Waals surface area contributed by atoms with E-state index in [1.165, 1.54) is 0 Å². The number of rotatable bonds is 1. The first-order valence-electron chi connectivity index (χ1n) is 8.44. The minimum absolute atomic E-state index is 0.0662. The van der Waals surface area contributed by atoms with Crippen LogP contribution < -0.4 is 5.56 Å². The van der Waals surface area contributed by atoms with Gasteiger partial charge in [0.1, 0.15) is 17.0 Å². The number of hydrogen-bond donors (Lipinski definition) is 2. The maximum absolute atomic E-state index is 12.3. The minimum atomic E-state index is -0.526. The average molecular weight is 345 g/mol. The number of carbonyl (C=O) groups is 1. The second kappa shape index (κ2) is 6.38. The van der Waals surface area contributed by atoms with E-state index in [4.69, 9.17) is 4.74 Å². The van der Waals surface area contributed by atoms with Gasteiger partial charge in [0.15, 0.2) is 0 Å². The number of piperidine rings is 1. The highest BCUT2D eigenvalue weighted by molar-refractivity contribution is 5.81. The van der Waals surface area contributed by atoms with Gasteiger partial charge in [-0.25, -0.2) is 9.78 Å². The molecule has 2 N–H and O–H groups in total. The summed E-state index contributed by atoms with van der Waals surface area (Å²) in [6, 6.07) is 4.72. The van der Waals surface area contributed by atoms with Gasteiger partial charge in [-0.05, 0) is 45.7 Å². The second-order valence-corrected chi connectivity index (χ2v) is 7.42. The molecule has 7 heteroatoms. The first-order chi connectivity index (χ1) is 11.7. The molecule has 0 saturated carbocycles. The summed E-state index contributed by atoms with van der Waals surface area (Å²) < 4.78 is 5.45. The number of aromatic nitrogens is 2. The molecule has 1 unspecified atom stereocenters. The first-order valence-corrected chi connectivity index (χ1v) is 8.44. The monoisotopic (exact) mass is 345 g/mol. The number of pyridine rings is 2. The smallest absolute Gasteiger partial charge is 0.410 e. The van der Waals surface area contributed by atoms with Gasteiger partial charge in [-0.15, -0.1) is 0 Å². The Hall–Kier alpha value is -2.57. The summed E-state index contributed by atoms with van der Waals surface area (Å²) in [5.74, 6) is -0.0201. The lowest BCUT2D eigenvalue weighted by molar-refractivity contribution is 0.0197. The number of ether oxygens (including phenoxy) is 1. The zero-order chi connectivity index (χ0) is 18.2. The van der Waals surface area contributed by atoms with Crippen molar-refractivity contribution < 1.29 is 14.6 Å². The molecular weight excluding hydrogens is 322 g/mol. The third-order valence-electron chi connectivity index (χ3n) is 4.19. The third-order valence-corrected chi connectivity index (χ3v) is 4.19. The number of H-pyrrole nitrogens is 1. The lowest BCUT2D eigenvalue weighted by Gasteiger charge is -2.34. The van der Waals surface area contributed by atoms with Crippen molar-refractivity contribution in [1.29, 1.82) is 0 Å². The Balaban J connectivity index is 1.83. The Kier molecular flexibility index (Phi) is 4.41. The summed E-state index contributed by atoms with van der Waals surface area (Å²) in [7, 11) is 0. The Bertz CT molecular complexity index is 854. The molecule has 0 radical (unpaired) electrons. The van der Waals surface area contributed by atoms with Crippen LogP contribution in [-0.2, 0) is 4.74 Å². The van der Waals surface area contributed by atoms with Gasteiger partial charge < -0.3 is 19.7 Å². The van der Waals surface area contributed by atoms with Gasteiger partial charge in [0.2, 0.25) is 0 Å². The number of nitrogens with one attached hydrogen (secondary N) is 1. The van der Waals surface area contributed by atoms with Crippen LogP contribution in [0.4, 0.5) is 4.79 Å². The predicted octanol–water partition coefficient (Wildman–Crippen LogP) is 2.74. The van der Waals surface area contributed by atoms with Crippen molar-refractivity contribution in [3.63, 3.8) is 0 Å². The molecule has 2 aromatic heterocycles. The number of nitrogens with zero attached hydrogens (tertiary/aromatic N) is 2. The summed E-state index contributed by atoms with van der Waals surface area (Å²) >= 11 is 0. The van der Waals surface area contributed by atoms with Crippen molar-refractivity contribution in [3.8, 4) is 5.75 Å². The molecule has 1 atom stereocenters. The summed E-state index contributed by atoms with van der Waals surface area (Å²) in [4.78, 5) is 32.7. The summed E-state index contributed by atoms with van der Waals surface area (Å²) in [5, 5.41) is 10.3. The molecule has 134 valence electrons. The van der Waals surface area contributed by atoms with Crippen molar-refractivity contribution >= 4 is 17.1 Å². The Morgan fingerprint density at radius 3 is 2.88 bits per heavy atom. The van der Waals surface area contributed by atoms with Crippen molar-refractivity contribution in [2.45, 2.75) is 45.1 Å². The fourth-order valence-electron chi connectivity index (χ4n) is 3.07.